The van der Waals surface area contributed by atoms with Crippen LogP contribution in [0.15, 0.2) is 83.4 Å². The van der Waals surface area contributed by atoms with E-state index < -0.39 is 0 Å². The minimum absolute atomic E-state index is 0.0333. The number of amides is 1. The molecular formula is C27H25ClN4O3. The minimum atomic E-state index is -0.0997. The first-order chi connectivity index (χ1) is 17.1. The lowest BCUT2D eigenvalue weighted by Crippen LogP contribution is -2.37. The van der Waals surface area contributed by atoms with Crippen molar-refractivity contribution >= 4 is 23.2 Å². The van der Waals surface area contributed by atoms with Crippen LogP contribution in [-0.2, 0) is 11.3 Å². The van der Waals surface area contributed by atoms with Crippen molar-refractivity contribution in [2.24, 2.45) is 5.92 Å². The molecule has 0 aliphatic carbocycles. The smallest absolute Gasteiger partial charge is 0.241 e. The third kappa shape index (κ3) is 5.88. The van der Waals surface area contributed by atoms with Crippen LogP contribution in [0, 0.1) is 5.92 Å². The zero-order valence-electron chi connectivity index (χ0n) is 19.1. The highest BCUT2D eigenvalue weighted by Crippen LogP contribution is 2.33. The summed E-state index contributed by atoms with van der Waals surface area (Å²) in [6, 6.07) is 24.4. The van der Waals surface area contributed by atoms with Gasteiger partial charge in [-0.15, -0.1) is 0 Å². The molecule has 5 rings (SSSR count). The first-order valence-electron chi connectivity index (χ1n) is 11.6. The van der Waals surface area contributed by atoms with Gasteiger partial charge in [0.05, 0.1) is 12.2 Å². The lowest BCUT2D eigenvalue weighted by atomic mass is 9.96. The van der Waals surface area contributed by atoms with E-state index in [4.69, 9.17) is 20.9 Å². The Bertz CT molecular complexity index is 1270. The number of halogens is 1. The number of carbonyl (C=O) groups excluding carboxylic acids is 1. The summed E-state index contributed by atoms with van der Waals surface area (Å²) >= 11 is 6.19. The number of carbonyl (C=O) groups is 1. The van der Waals surface area contributed by atoms with Gasteiger partial charge in [-0.25, -0.2) is 0 Å². The van der Waals surface area contributed by atoms with Crippen molar-refractivity contribution in [2.45, 2.75) is 19.4 Å². The fourth-order valence-electron chi connectivity index (χ4n) is 4.11. The van der Waals surface area contributed by atoms with Crippen molar-refractivity contribution < 1.29 is 14.1 Å². The number of rotatable bonds is 7. The van der Waals surface area contributed by atoms with E-state index >= 15 is 0 Å². The number of piperidine rings is 1. The first-order valence-corrected chi connectivity index (χ1v) is 12.0. The quantitative estimate of drug-likeness (QED) is 0.342. The molecule has 1 aliphatic heterocycles. The first kappa shape index (κ1) is 23.1. The topological polar surface area (TPSA) is 80.5 Å². The van der Waals surface area contributed by atoms with Crippen LogP contribution in [0.3, 0.4) is 0 Å². The summed E-state index contributed by atoms with van der Waals surface area (Å²) in [5.74, 6) is 2.27. The van der Waals surface area contributed by atoms with E-state index in [0.29, 0.717) is 40.5 Å². The molecule has 0 atom stereocenters. The monoisotopic (exact) mass is 488 g/mol. The van der Waals surface area contributed by atoms with Crippen LogP contribution in [0.25, 0.3) is 11.4 Å². The molecule has 1 fully saturated rings. The van der Waals surface area contributed by atoms with Gasteiger partial charge in [0.2, 0.25) is 17.6 Å². The van der Waals surface area contributed by atoms with Gasteiger partial charge in [0.15, 0.2) is 5.75 Å². The van der Waals surface area contributed by atoms with E-state index in [1.807, 2.05) is 60.7 Å². The van der Waals surface area contributed by atoms with Crippen LogP contribution < -0.4 is 10.1 Å². The average molecular weight is 489 g/mol. The van der Waals surface area contributed by atoms with Crippen molar-refractivity contribution in [3.05, 3.63) is 89.8 Å². The molecule has 178 valence electrons. The van der Waals surface area contributed by atoms with Crippen molar-refractivity contribution in [2.75, 3.05) is 18.4 Å². The van der Waals surface area contributed by atoms with E-state index in [-0.39, 0.29) is 11.8 Å². The molecule has 1 aliphatic rings. The lowest BCUT2D eigenvalue weighted by Gasteiger charge is -2.30. The largest absolute Gasteiger partial charge is 0.455 e. The SMILES string of the molecule is O=C(Nc1cc(Cl)ccc1Oc1ccccc1)C1CCN(Cc2nc(-c3ccccc3)no2)CC1. The summed E-state index contributed by atoms with van der Waals surface area (Å²) in [5.41, 5.74) is 1.49. The van der Waals surface area contributed by atoms with E-state index in [0.717, 1.165) is 31.5 Å². The van der Waals surface area contributed by atoms with Gasteiger partial charge in [-0.1, -0.05) is 65.3 Å². The molecule has 7 nitrogen and oxygen atoms in total. The summed E-state index contributed by atoms with van der Waals surface area (Å²) < 4.78 is 11.4. The second kappa shape index (κ2) is 10.7. The van der Waals surface area contributed by atoms with Crippen molar-refractivity contribution in [3.8, 4) is 22.9 Å². The van der Waals surface area contributed by atoms with Gasteiger partial charge >= 0.3 is 0 Å². The number of hydrogen-bond donors (Lipinski definition) is 1. The number of hydrogen-bond acceptors (Lipinski definition) is 6. The maximum atomic E-state index is 13.0. The Morgan fingerprint density at radius 2 is 1.74 bits per heavy atom. The Morgan fingerprint density at radius 1 is 1.03 bits per heavy atom. The predicted octanol–water partition coefficient (Wildman–Crippen LogP) is 6.03. The number of anilines is 1. The molecule has 1 aromatic heterocycles. The summed E-state index contributed by atoms with van der Waals surface area (Å²) in [7, 11) is 0. The van der Waals surface area contributed by atoms with Crippen LogP contribution in [-0.4, -0.2) is 34.0 Å². The molecule has 0 spiro atoms. The van der Waals surface area contributed by atoms with Crippen LogP contribution in [0.5, 0.6) is 11.5 Å². The molecule has 1 amide bonds. The summed E-state index contributed by atoms with van der Waals surface area (Å²) in [6.07, 6.45) is 1.47. The molecule has 1 saturated heterocycles. The van der Waals surface area contributed by atoms with E-state index in [1.54, 1.807) is 18.2 Å². The summed E-state index contributed by atoms with van der Waals surface area (Å²) in [4.78, 5) is 19.8. The number of benzene rings is 3. The van der Waals surface area contributed by atoms with Crippen molar-refractivity contribution in [3.63, 3.8) is 0 Å². The highest BCUT2D eigenvalue weighted by Gasteiger charge is 2.27. The van der Waals surface area contributed by atoms with Gasteiger partial charge < -0.3 is 14.6 Å². The highest BCUT2D eigenvalue weighted by atomic mass is 35.5. The molecular weight excluding hydrogens is 464 g/mol. The number of ether oxygens (including phenoxy) is 1. The zero-order valence-corrected chi connectivity index (χ0v) is 19.8. The predicted molar refractivity (Wildman–Crippen MR) is 134 cm³/mol. The van der Waals surface area contributed by atoms with Gasteiger partial charge in [0, 0.05) is 16.5 Å². The normalized spacial score (nSPS) is 14.5. The summed E-state index contributed by atoms with van der Waals surface area (Å²) in [5, 5.41) is 7.64. The van der Waals surface area contributed by atoms with Gasteiger partial charge in [-0.2, -0.15) is 4.98 Å². The maximum absolute atomic E-state index is 13.0. The van der Waals surface area contributed by atoms with Crippen molar-refractivity contribution in [1.29, 1.82) is 0 Å². The highest BCUT2D eigenvalue weighted by molar-refractivity contribution is 6.31. The van der Waals surface area contributed by atoms with Crippen LogP contribution in [0.1, 0.15) is 18.7 Å². The van der Waals surface area contributed by atoms with Crippen LogP contribution in [0.4, 0.5) is 5.69 Å². The van der Waals surface area contributed by atoms with Gasteiger partial charge in [0.1, 0.15) is 5.75 Å². The Morgan fingerprint density at radius 3 is 2.49 bits per heavy atom. The maximum Gasteiger partial charge on any atom is 0.241 e. The fourth-order valence-corrected chi connectivity index (χ4v) is 4.28. The van der Waals surface area contributed by atoms with E-state index in [1.165, 1.54) is 0 Å². The van der Waals surface area contributed by atoms with E-state index in [2.05, 4.69) is 20.4 Å². The number of nitrogens with zero attached hydrogens (tertiary/aromatic N) is 3. The van der Waals surface area contributed by atoms with Crippen molar-refractivity contribution in [1.82, 2.24) is 15.0 Å². The molecule has 2 heterocycles. The second-order valence-corrected chi connectivity index (χ2v) is 8.91. The fraction of sp³-hybridized carbons (Fsp3) is 0.222. The molecule has 0 unspecified atom stereocenters. The van der Waals surface area contributed by atoms with E-state index in [9.17, 15) is 4.79 Å². The molecule has 3 aromatic carbocycles. The minimum Gasteiger partial charge on any atom is -0.455 e. The number of likely N-dealkylation sites (tertiary alicyclic amines) is 1. The molecule has 8 heteroatoms. The molecule has 0 radical (unpaired) electrons. The third-order valence-electron chi connectivity index (χ3n) is 5.99. The molecule has 1 N–H and O–H groups in total. The Balaban J connectivity index is 1.17. The lowest BCUT2D eigenvalue weighted by molar-refractivity contribution is -0.121. The number of para-hydroxylation sites is 1. The molecule has 0 bridgehead atoms. The standard InChI is InChI=1S/C27H25ClN4O3/c28-21-11-12-24(34-22-9-5-2-6-10-22)23(17-21)29-27(33)20-13-15-32(16-14-20)18-25-30-26(31-35-25)19-7-3-1-4-8-19/h1-12,17,20H,13-16,18H2,(H,29,33). The molecule has 0 saturated carbocycles. The second-order valence-electron chi connectivity index (χ2n) is 8.47. The summed E-state index contributed by atoms with van der Waals surface area (Å²) in [6.45, 7) is 2.10. The molecule has 35 heavy (non-hydrogen) atoms. The number of aromatic nitrogens is 2. The zero-order chi connectivity index (χ0) is 24.0. The Kier molecular flexibility index (Phi) is 7.07. The van der Waals surface area contributed by atoms with Crippen LogP contribution >= 0.6 is 11.6 Å². The van der Waals surface area contributed by atoms with Crippen LogP contribution in [0.2, 0.25) is 5.02 Å². The van der Waals surface area contributed by atoms with Gasteiger partial charge in [-0.05, 0) is 56.3 Å². The average Bonchev–Trinajstić information content (AvgIpc) is 3.36. The van der Waals surface area contributed by atoms with Gasteiger partial charge in [0.25, 0.3) is 0 Å². The third-order valence-corrected chi connectivity index (χ3v) is 6.22. The molecule has 4 aromatic rings. The Labute approximate surface area is 208 Å². The van der Waals surface area contributed by atoms with Gasteiger partial charge in [-0.3, -0.25) is 9.69 Å². The number of nitrogens with one attached hydrogen (secondary N) is 1. The Hall–Kier alpha value is -3.68.